The van der Waals surface area contributed by atoms with Crippen molar-refractivity contribution in [1.82, 2.24) is 10.2 Å². The maximum atomic E-state index is 12.8. The number of nitrogens with one attached hydrogen (secondary N) is 1. The van der Waals surface area contributed by atoms with Crippen molar-refractivity contribution in [2.24, 2.45) is 5.92 Å². The molecule has 0 aromatic rings. The van der Waals surface area contributed by atoms with Crippen LogP contribution in [0.25, 0.3) is 0 Å². The molecule has 0 aromatic heterocycles. The number of halogens is 2. The minimum atomic E-state index is -0.864. The predicted octanol–water partition coefficient (Wildman–Crippen LogP) is 1.22. The molecule has 0 aliphatic carbocycles. The molecule has 1 saturated heterocycles. The highest BCUT2D eigenvalue weighted by Gasteiger charge is 2.30. The van der Waals surface area contributed by atoms with Crippen molar-refractivity contribution < 1.29 is 9.18 Å². The lowest BCUT2D eigenvalue weighted by Gasteiger charge is -2.22. The summed E-state index contributed by atoms with van der Waals surface area (Å²) in [6.45, 7) is 5.16. The third-order valence-electron chi connectivity index (χ3n) is 2.39. The van der Waals surface area contributed by atoms with E-state index in [0.717, 1.165) is 6.54 Å². The van der Waals surface area contributed by atoms with E-state index in [1.54, 1.807) is 11.9 Å². The van der Waals surface area contributed by atoms with Crippen molar-refractivity contribution in [2.45, 2.75) is 32.5 Å². The van der Waals surface area contributed by atoms with Gasteiger partial charge in [0.1, 0.15) is 6.17 Å². The van der Waals surface area contributed by atoms with Gasteiger partial charge in [-0.1, -0.05) is 13.8 Å². The van der Waals surface area contributed by atoms with Crippen LogP contribution in [-0.2, 0) is 4.79 Å². The van der Waals surface area contributed by atoms with Gasteiger partial charge in [0.15, 0.2) is 0 Å². The quantitative estimate of drug-likeness (QED) is 0.802. The van der Waals surface area contributed by atoms with Gasteiger partial charge >= 0.3 is 0 Å². The standard InChI is InChI=1S/C10H19FN2O.ClH/c1-7(2)6-13(3)10(14)9-4-8(11)5-12-9;/h7-9,12H,4-6H2,1-3H3;1H/t8-,9+;/m0./s1. The van der Waals surface area contributed by atoms with Gasteiger partial charge in [0, 0.05) is 26.6 Å². The smallest absolute Gasteiger partial charge is 0.239 e. The number of amides is 1. The molecule has 90 valence electrons. The largest absolute Gasteiger partial charge is 0.344 e. The van der Waals surface area contributed by atoms with Crippen LogP contribution in [0.4, 0.5) is 4.39 Å². The Morgan fingerprint density at radius 1 is 1.60 bits per heavy atom. The van der Waals surface area contributed by atoms with Gasteiger partial charge in [0.25, 0.3) is 0 Å². The van der Waals surface area contributed by atoms with Crippen LogP contribution in [0.2, 0.25) is 0 Å². The predicted molar refractivity (Wildman–Crippen MR) is 61.0 cm³/mol. The highest BCUT2D eigenvalue weighted by atomic mass is 35.5. The zero-order chi connectivity index (χ0) is 10.7. The number of alkyl halides is 1. The molecule has 0 spiro atoms. The molecular formula is C10H20ClFN2O. The van der Waals surface area contributed by atoms with E-state index < -0.39 is 6.17 Å². The highest BCUT2D eigenvalue weighted by Crippen LogP contribution is 2.12. The average molecular weight is 239 g/mol. The lowest BCUT2D eigenvalue weighted by molar-refractivity contribution is -0.132. The normalized spacial score (nSPS) is 25.1. The van der Waals surface area contributed by atoms with E-state index >= 15 is 0 Å². The van der Waals surface area contributed by atoms with Gasteiger partial charge in [0.05, 0.1) is 6.04 Å². The van der Waals surface area contributed by atoms with E-state index in [4.69, 9.17) is 0 Å². The summed E-state index contributed by atoms with van der Waals surface area (Å²) in [5.74, 6) is 0.463. The average Bonchev–Trinajstić information content (AvgIpc) is 2.49. The molecular weight excluding hydrogens is 219 g/mol. The highest BCUT2D eigenvalue weighted by molar-refractivity contribution is 5.85. The maximum absolute atomic E-state index is 12.8. The summed E-state index contributed by atoms with van der Waals surface area (Å²) in [6.07, 6.45) is -0.544. The van der Waals surface area contributed by atoms with E-state index in [9.17, 15) is 9.18 Å². The van der Waals surface area contributed by atoms with E-state index in [1.807, 2.05) is 0 Å². The molecule has 0 aromatic carbocycles. The first-order chi connectivity index (χ1) is 6.50. The lowest BCUT2D eigenvalue weighted by atomic mass is 10.1. The number of carbonyl (C=O) groups is 1. The summed E-state index contributed by atoms with van der Waals surface area (Å²) in [6, 6.07) is -0.311. The Bertz CT molecular complexity index is 214. The molecule has 1 fully saturated rings. The van der Waals surface area contributed by atoms with Crippen molar-refractivity contribution in [2.75, 3.05) is 20.1 Å². The number of carbonyl (C=O) groups excluding carboxylic acids is 1. The second kappa shape index (κ2) is 6.28. The molecule has 1 heterocycles. The molecule has 1 amide bonds. The van der Waals surface area contributed by atoms with Gasteiger partial charge in [0.2, 0.25) is 5.91 Å². The number of rotatable bonds is 3. The second-order valence-electron chi connectivity index (χ2n) is 4.41. The summed E-state index contributed by atoms with van der Waals surface area (Å²) in [7, 11) is 1.77. The number of nitrogens with zero attached hydrogens (tertiary/aromatic N) is 1. The van der Waals surface area contributed by atoms with Gasteiger partial charge in [-0.25, -0.2) is 4.39 Å². The molecule has 1 aliphatic rings. The van der Waals surface area contributed by atoms with Crippen molar-refractivity contribution in [3.8, 4) is 0 Å². The number of hydrogen-bond donors (Lipinski definition) is 1. The first-order valence-corrected chi connectivity index (χ1v) is 5.13. The van der Waals surface area contributed by atoms with Gasteiger partial charge in [-0.2, -0.15) is 0 Å². The van der Waals surface area contributed by atoms with Crippen LogP contribution in [0.1, 0.15) is 20.3 Å². The van der Waals surface area contributed by atoms with Gasteiger partial charge in [-0.3, -0.25) is 4.79 Å². The Kier molecular flexibility index (Phi) is 6.13. The van der Waals surface area contributed by atoms with Gasteiger partial charge in [-0.15, -0.1) is 12.4 Å². The molecule has 5 heteroatoms. The Morgan fingerprint density at radius 3 is 2.60 bits per heavy atom. The fourth-order valence-corrected chi connectivity index (χ4v) is 1.78. The van der Waals surface area contributed by atoms with Crippen LogP contribution in [0.5, 0.6) is 0 Å². The Morgan fingerprint density at radius 2 is 2.20 bits per heavy atom. The fourth-order valence-electron chi connectivity index (χ4n) is 1.78. The molecule has 0 saturated carbocycles. The molecule has 0 unspecified atom stereocenters. The second-order valence-corrected chi connectivity index (χ2v) is 4.41. The van der Waals surface area contributed by atoms with Crippen LogP contribution >= 0.6 is 12.4 Å². The van der Waals surface area contributed by atoms with Gasteiger partial charge in [-0.05, 0) is 5.92 Å². The van der Waals surface area contributed by atoms with Crippen LogP contribution in [0.3, 0.4) is 0 Å². The van der Waals surface area contributed by atoms with Crippen LogP contribution in [0.15, 0.2) is 0 Å². The summed E-state index contributed by atoms with van der Waals surface area (Å²) in [5, 5.41) is 2.89. The molecule has 1 N–H and O–H groups in total. The van der Waals surface area contributed by atoms with E-state index in [1.165, 1.54) is 0 Å². The Balaban J connectivity index is 0.00000196. The van der Waals surface area contributed by atoms with E-state index in [0.29, 0.717) is 18.9 Å². The van der Waals surface area contributed by atoms with Crippen LogP contribution < -0.4 is 5.32 Å². The van der Waals surface area contributed by atoms with Crippen molar-refractivity contribution >= 4 is 18.3 Å². The SMILES string of the molecule is CC(C)CN(C)C(=O)[C@H]1C[C@H](F)CN1.Cl. The van der Waals surface area contributed by atoms with E-state index in [2.05, 4.69) is 19.2 Å². The number of likely N-dealkylation sites (N-methyl/N-ethyl adjacent to an activating group) is 1. The molecule has 1 aliphatic heterocycles. The van der Waals surface area contributed by atoms with Crippen molar-refractivity contribution in [3.63, 3.8) is 0 Å². The molecule has 15 heavy (non-hydrogen) atoms. The monoisotopic (exact) mass is 238 g/mol. The summed E-state index contributed by atoms with van der Waals surface area (Å²) in [5.41, 5.74) is 0. The fraction of sp³-hybridized carbons (Fsp3) is 0.900. The topological polar surface area (TPSA) is 32.3 Å². The maximum Gasteiger partial charge on any atom is 0.239 e. The van der Waals surface area contributed by atoms with Crippen LogP contribution in [0, 0.1) is 5.92 Å². The summed E-state index contributed by atoms with van der Waals surface area (Å²) in [4.78, 5) is 13.4. The van der Waals surface area contributed by atoms with Crippen molar-refractivity contribution in [1.29, 1.82) is 0 Å². The third-order valence-corrected chi connectivity index (χ3v) is 2.39. The molecule has 3 nitrogen and oxygen atoms in total. The van der Waals surface area contributed by atoms with Gasteiger partial charge < -0.3 is 10.2 Å². The van der Waals surface area contributed by atoms with Crippen molar-refractivity contribution in [3.05, 3.63) is 0 Å². The Hall–Kier alpha value is -0.350. The third kappa shape index (κ3) is 4.34. The first-order valence-electron chi connectivity index (χ1n) is 5.13. The van der Waals surface area contributed by atoms with Crippen LogP contribution in [-0.4, -0.2) is 43.2 Å². The molecule has 0 radical (unpaired) electrons. The summed E-state index contributed by atoms with van der Waals surface area (Å²) >= 11 is 0. The lowest BCUT2D eigenvalue weighted by Crippen LogP contribution is -2.42. The number of hydrogen-bond acceptors (Lipinski definition) is 2. The minimum Gasteiger partial charge on any atom is -0.344 e. The Labute approximate surface area is 96.8 Å². The molecule has 2 atom stereocenters. The zero-order valence-electron chi connectivity index (χ0n) is 9.50. The summed E-state index contributed by atoms with van der Waals surface area (Å²) < 4.78 is 12.8. The minimum absolute atomic E-state index is 0. The first kappa shape index (κ1) is 14.6. The zero-order valence-corrected chi connectivity index (χ0v) is 10.3. The molecule has 0 bridgehead atoms. The molecule has 1 rings (SSSR count). The van der Waals surface area contributed by atoms with E-state index in [-0.39, 0.29) is 24.4 Å².